The van der Waals surface area contributed by atoms with Gasteiger partial charge in [-0.25, -0.2) is 0 Å². The van der Waals surface area contributed by atoms with Crippen molar-refractivity contribution >= 4 is 5.91 Å². The van der Waals surface area contributed by atoms with E-state index in [1.54, 1.807) is 14.2 Å². The van der Waals surface area contributed by atoms with Crippen LogP contribution in [-0.2, 0) is 17.9 Å². The molecular weight excluding hydrogens is 390 g/mol. The zero-order valence-corrected chi connectivity index (χ0v) is 19.3. The van der Waals surface area contributed by atoms with E-state index in [0.29, 0.717) is 31.1 Å². The average molecular weight is 426 g/mol. The third-order valence-corrected chi connectivity index (χ3v) is 6.03. The van der Waals surface area contributed by atoms with Crippen LogP contribution in [0.1, 0.15) is 23.6 Å². The fourth-order valence-electron chi connectivity index (χ4n) is 4.00. The van der Waals surface area contributed by atoms with E-state index in [1.807, 2.05) is 30.0 Å². The molecule has 1 saturated heterocycles. The summed E-state index contributed by atoms with van der Waals surface area (Å²) >= 11 is 0. The SMILES string of the molecule is CCN(Cc1ccc(OC)c(OC)c1)C(=O)CN1CCN(Cc2ccccc2C)CC1. The summed E-state index contributed by atoms with van der Waals surface area (Å²) in [7, 11) is 3.25. The molecule has 0 aromatic heterocycles. The van der Waals surface area contributed by atoms with Gasteiger partial charge in [-0.3, -0.25) is 14.6 Å². The second-order valence-corrected chi connectivity index (χ2v) is 8.08. The maximum atomic E-state index is 13.0. The lowest BCUT2D eigenvalue weighted by atomic mass is 10.1. The number of methoxy groups -OCH3 is 2. The van der Waals surface area contributed by atoms with Crippen LogP contribution < -0.4 is 9.47 Å². The lowest BCUT2D eigenvalue weighted by Gasteiger charge is -2.35. The van der Waals surface area contributed by atoms with Crippen molar-refractivity contribution in [2.24, 2.45) is 0 Å². The second-order valence-electron chi connectivity index (χ2n) is 8.08. The first-order valence-corrected chi connectivity index (χ1v) is 11.0. The maximum Gasteiger partial charge on any atom is 0.237 e. The summed E-state index contributed by atoms with van der Waals surface area (Å²) in [5.74, 6) is 1.56. The number of nitrogens with zero attached hydrogens (tertiary/aromatic N) is 3. The van der Waals surface area contributed by atoms with Gasteiger partial charge in [-0.15, -0.1) is 0 Å². The van der Waals surface area contributed by atoms with Crippen molar-refractivity contribution in [1.82, 2.24) is 14.7 Å². The number of aryl methyl sites for hydroxylation is 1. The minimum atomic E-state index is 0.171. The summed E-state index contributed by atoms with van der Waals surface area (Å²) in [6, 6.07) is 14.4. The van der Waals surface area contributed by atoms with Gasteiger partial charge in [0.05, 0.1) is 20.8 Å². The molecule has 3 rings (SSSR count). The average Bonchev–Trinajstić information content (AvgIpc) is 2.80. The van der Waals surface area contributed by atoms with Crippen molar-refractivity contribution < 1.29 is 14.3 Å². The van der Waals surface area contributed by atoms with Gasteiger partial charge in [0.1, 0.15) is 0 Å². The van der Waals surface area contributed by atoms with E-state index in [4.69, 9.17) is 9.47 Å². The van der Waals surface area contributed by atoms with Crippen LogP contribution in [-0.4, -0.2) is 74.1 Å². The Balaban J connectivity index is 1.50. The summed E-state index contributed by atoms with van der Waals surface area (Å²) in [6.07, 6.45) is 0. The molecule has 0 N–H and O–H groups in total. The molecule has 1 aliphatic heterocycles. The highest BCUT2D eigenvalue weighted by molar-refractivity contribution is 5.78. The van der Waals surface area contributed by atoms with Crippen molar-refractivity contribution in [3.63, 3.8) is 0 Å². The van der Waals surface area contributed by atoms with Gasteiger partial charge in [-0.2, -0.15) is 0 Å². The van der Waals surface area contributed by atoms with Crippen molar-refractivity contribution in [3.05, 3.63) is 59.2 Å². The molecule has 0 saturated carbocycles. The summed E-state index contributed by atoms with van der Waals surface area (Å²) < 4.78 is 10.7. The molecule has 6 nitrogen and oxygen atoms in total. The van der Waals surface area contributed by atoms with E-state index >= 15 is 0 Å². The lowest BCUT2D eigenvalue weighted by Crippen LogP contribution is -2.49. The molecule has 0 spiro atoms. The van der Waals surface area contributed by atoms with Crippen LogP contribution in [0.25, 0.3) is 0 Å². The summed E-state index contributed by atoms with van der Waals surface area (Å²) in [6.45, 7) is 10.7. The van der Waals surface area contributed by atoms with E-state index in [9.17, 15) is 4.79 Å². The largest absolute Gasteiger partial charge is 0.493 e. The van der Waals surface area contributed by atoms with Gasteiger partial charge in [0.2, 0.25) is 5.91 Å². The van der Waals surface area contributed by atoms with Crippen LogP contribution in [0.4, 0.5) is 0 Å². The van der Waals surface area contributed by atoms with E-state index in [0.717, 1.165) is 38.3 Å². The molecule has 1 heterocycles. The van der Waals surface area contributed by atoms with Crippen LogP contribution in [0.3, 0.4) is 0 Å². The smallest absolute Gasteiger partial charge is 0.237 e. The molecule has 2 aromatic carbocycles. The third kappa shape index (κ3) is 6.21. The summed E-state index contributed by atoms with van der Waals surface area (Å²) in [4.78, 5) is 19.6. The monoisotopic (exact) mass is 425 g/mol. The van der Waals surface area contributed by atoms with Crippen LogP contribution in [0.2, 0.25) is 0 Å². The van der Waals surface area contributed by atoms with Crippen LogP contribution >= 0.6 is 0 Å². The van der Waals surface area contributed by atoms with E-state index in [-0.39, 0.29) is 5.91 Å². The Morgan fingerprint density at radius 1 is 0.968 bits per heavy atom. The van der Waals surface area contributed by atoms with Gasteiger partial charge in [-0.05, 0) is 42.7 Å². The number of hydrogen-bond acceptors (Lipinski definition) is 5. The molecule has 6 heteroatoms. The molecule has 0 aliphatic carbocycles. The highest BCUT2D eigenvalue weighted by atomic mass is 16.5. The number of hydrogen-bond donors (Lipinski definition) is 0. The van der Waals surface area contributed by atoms with Crippen molar-refractivity contribution in [1.29, 1.82) is 0 Å². The number of carbonyl (C=O) groups is 1. The van der Waals surface area contributed by atoms with Gasteiger partial charge in [0.15, 0.2) is 11.5 Å². The summed E-state index contributed by atoms with van der Waals surface area (Å²) in [5.41, 5.74) is 3.77. The van der Waals surface area contributed by atoms with E-state index in [2.05, 4.69) is 41.0 Å². The first kappa shape index (κ1) is 23.1. The number of amides is 1. The minimum Gasteiger partial charge on any atom is -0.493 e. The maximum absolute atomic E-state index is 13.0. The van der Waals surface area contributed by atoms with E-state index in [1.165, 1.54) is 11.1 Å². The molecule has 0 bridgehead atoms. The number of ether oxygens (including phenoxy) is 2. The number of rotatable bonds is 9. The summed E-state index contributed by atoms with van der Waals surface area (Å²) in [5, 5.41) is 0. The first-order chi connectivity index (χ1) is 15.0. The molecule has 0 atom stereocenters. The van der Waals surface area contributed by atoms with Gasteiger partial charge < -0.3 is 14.4 Å². The first-order valence-electron chi connectivity index (χ1n) is 11.0. The predicted octanol–water partition coefficient (Wildman–Crippen LogP) is 3.18. The van der Waals surface area contributed by atoms with Crippen molar-refractivity contribution in [2.75, 3.05) is 53.5 Å². The number of likely N-dealkylation sites (N-methyl/N-ethyl adjacent to an activating group) is 1. The number of benzene rings is 2. The van der Waals surface area contributed by atoms with Crippen LogP contribution in [0, 0.1) is 6.92 Å². The Kier molecular flexibility index (Phi) is 8.32. The van der Waals surface area contributed by atoms with Gasteiger partial charge in [0, 0.05) is 45.8 Å². The molecule has 0 unspecified atom stereocenters. The molecule has 1 fully saturated rings. The molecule has 1 amide bonds. The highest BCUT2D eigenvalue weighted by Gasteiger charge is 2.22. The fourth-order valence-corrected chi connectivity index (χ4v) is 4.00. The number of carbonyl (C=O) groups excluding carboxylic acids is 1. The zero-order valence-electron chi connectivity index (χ0n) is 19.3. The fraction of sp³-hybridized carbons (Fsp3) is 0.480. The Labute approximate surface area is 186 Å². The molecule has 1 aliphatic rings. The molecular formula is C25H35N3O3. The highest BCUT2D eigenvalue weighted by Crippen LogP contribution is 2.28. The van der Waals surface area contributed by atoms with Crippen LogP contribution in [0.5, 0.6) is 11.5 Å². The van der Waals surface area contributed by atoms with Gasteiger partial charge in [-0.1, -0.05) is 30.3 Å². The second kappa shape index (κ2) is 11.2. The Bertz CT molecular complexity index is 863. The van der Waals surface area contributed by atoms with Gasteiger partial charge >= 0.3 is 0 Å². The molecule has 2 aromatic rings. The third-order valence-electron chi connectivity index (χ3n) is 6.03. The topological polar surface area (TPSA) is 45.3 Å². The van der Waals surface area contributed by atoms with Crippen LogP contribution in [0.15, 0.2) is 42.5 Å². The van der Waals surface area contributed by atoms with Crippen molar-refractivity contribution in [3.8, 4) is 11.5 Å². The Morgan fingerprint density at radius 3 is 2.29 bits per heavy atom. The minimum absolute atomic E-state index is 0.171. The Morgan fingerprint density at radius 2 is 1.65 bits per heavy atom. The number of piperazine rings is 1. The van der Waals surface area contributed by atoms with E-state index < -0.39 is 0 Å². The zero-order chi connectivity index (χ0) is 22.2. The normalized spacial score (nSPS) is 15.0. The van der Waals surface area contributed by atoms with Gasteiger partial charge in [0.25, 0.3) is 0 Å². The Hall–Kier alpha value is -2.57. The quantitative estimate of drug-likeness (QED) is 0.618. The predicted molar refractivity (Wildman–Crippen MR) is 124 cm³/mol. The molecule has 31 heavy (non-hydrogen) atoms. The standard InChI is InChI=1S/C25H35N3O3/c1-5-28(17-21-10-11-23(30-3)24(16-21)31-4)25(29)19-27-14-12-26(13-15-27)18-22-9-7-6-8-20(22)2/h6-11,16H,5,12-15,17-19H2,1-4H3. The lowest BCUT2D eigenvalue weighted by molar-refractivity contribution is -0.133. The van der Waals surface area contributed by atoms with Crippen molar-refractivity contribution in [2.45, 2.75) is 26.9 Å². The molecule has 0 radical (unpaired) electrons. The molecule has 168 valence electrons.